The van der Waals surface area contributed by atoms with Gasteiger partial charge >= 0.3 is 0 Å². The summed E-state index contributed by atoms with van der Waals surface area (Å²) in [6.07, 6.45) is 6.89. The van der Waals surface area contributed by atoms with Gasteiger partial charge < -0.3 is 14.9 Å². The smallest absolute Gasteiger partial charge is 0.0920 e. The summed E-state index contributed by atoms with van der Waals surface area (Å²) < 4.78 is 5.96. The lowest BCUT2D eigenvalue weighted by atomic mass is 9.71. The highest BCUT2D eigenvalue weighted by Gasteiger charge is 2.60. The van der Waals surface area contributed by atoms with Gasteiger partial charge in [0.05, 0.1) is 23.4 Å². The Morgan fingerprint density at radius 3 is 2.57 bits per heavy atom. The molecule has 0 aromatic carbocycles. The van der Waals surface area contributed by atoms with Crippen LogP contribution in [0.15, 0.2) is 12.2 Å². The summed E-state index contributed by atoms with van der Waals surface area (Å²) in [5, 5.41) is 21.0. The van der Waals surface area contributed by atoms with Gasteiger partial charge in [-0.2, -0.15) is 0 Å². The number of hydrogen-bond donors (Lipinski definition) is 2. The van der Waals surface area contributed by atoms with Gasteiger partial charge in [0.1, 0.15) is 0 Å². The number of aliphatic hydroxyl groups is 2. The third-order valence-electron chi connectivity index (χ3n) is 7.18. The maximum atomic E-state index is 10.9. The van der Waals surface area contributed by atoms with E-state index in [2.05, 4.69) is 20.4 Å². The average Bonchev–Trinajstić information content (AvgIpc) is 3.35. The normalized spacial score (nSPS) is 50.4. The van der Waals surface area contributed by atoms with E-state index in [0.29, 0.717) is 17.9 Å². The van der Waals surface area contributed by atoms with Gasteiger partial charge in [-0.1, -0.05) is 19.1 Å². The molecule has 7 atom stereocenters. The monoisotopic (exact) mass is 322 g/mol. The predicted molar refractivity (Wildman–Crippen MR) is 92.1 cm³/mol. The molecular formula is C20H34O3. The summed E-state index contributed by atoms with van der Waals surface area (Å²) in [5.74, 6) is 0.992. The molecule has 1 aliphatic heterocycles. The maximum absolute atomic E-state index is 10.9. The van der Waals surface area contributed by atoms with Gasteiger partial charge in [-0.15, -0.1) is 0 Å². The van der Waals surface area contributed by atoms with E-state index in [1.54, 1.807) is 0 Å². The van der Waals surface area contributed by atoms with Crippen molar-refractivity contribution in [3.05, 3.63) is 12.2 Å². The van der Waals surface area contributed by atoms with Crippen LogP contribution in [-0.2, 0) is 4.74 Å². The van der Waals surface area contributed by atoms with Crippen LogP contribution in [0, 0.1) is 17.3 Å². The summed E-state index contributed by atoms with van der Waals surface area (Å²) in [4.78, 5) is 0. The first-order valence-electron chi connectivity index (χ1n) is 9.31. The van der Waals surface area contributed by atoms with E-state index in [-0.39, 0.29) is 11.0 Å². The van der Waals surface area contributed by atoms with Crippen molar-refractivity contribution in [3.8, 4) is 0 Å². The van der Waals surface area contributed by atoms with Gasteiger partial charge in [0.2, 0.25) is 0 Å². The number of epoxide rings is 1. The second-order valence-electron chi connectivity index (χ2n) is 9.32. The van der Waals surface area contributed by atoms with Crippen molar-refractivity contribution >= 4 is 0 Å². The molecular weight excluding hydrogens is 288 g/mol. The molecule has 0 aromatic rings. The summed E-state index contributed by atoms with van der Waals surface area (Å²) in [6.45, 7) is 12.4. The molecule has 0 unspecified atom stereocenters. The Bertz CT molecular complexity index is 485. The van der Waals surface area contributed by atoms with Crippen LogP contribution in [0.4, 0.5) is 0 Å². The number of hydrogen-bond acceptors (Lipinski definition) is 3. The highest BCUT2D eigenvalue weighted by atomic mass is 16.6. The van der Waals surface area contributed by atoms with E-state index in [0.717, 1.165) is 50.5 Å². The van der Waals surface area contributed by atoms with Crippen LogP contribution in [0.2, 0.25) is 0 Å². The van der Waals surface area contributed by atoms with Crippen molar-refractivity contribution in [2.24, 2.45) is 17.3 Å². The third kappa shape index (κ3) is 3.38. The molecule has 3 aliphatic rings. The third-order valence-corrected chi connectivity index (χ3v) is 7.18. The molecule has 3 rings (SSSR count). The minimum Gasteiger partial charge on any atom is -0.390 e. The van der Waals surface area contributed by atoms with Crippen molar-refractivity contribution in [1.82, 2.24) is 0 Å². The molecule has 0 radical (unpaired) electrons. The van der Waals surface area contributed by atoms with Crippen LogP contribution in [0.1, 0.15) is 72.6 Å². The summed E-state index contributed by atoms with van der Waals surface area (Å²) in [6, 6.07) is 0. The Morgan fingerprint density at radius 2 is 1.91 bits per heavy atom. The minimum absolute atomic E-state index is 0.0199. The van der Waals surface area contributed by atoms with Crippen LogP contribution in [0.3, 0.4) is 0 Å². The van der Waals surface area contributed by atoms with E-state index in [1.165, 1.54) is 0 Å². The maximum Gasteiger partial charge on any atom is 0.0920 e. The Balaban J connectivity index is 1.73. The second kappa shape index (κ2) is 5.57. The van der Waals surface area contributed by atoms with E-state index >= 15 is 0 Å². The van der Waals surface area contributed by atoms with Crippen LogP contribution < -0.4 is 0 Å². The van der Waals surface area contributed by atoms with E-state index in [4.69, 9.17) is 4.74 Å². The van der Waals surface area contributed by atoms with Crippen LogP contribution >= 0.6 is 0 Å². The Hall–Kier alpha value is -0.380. The molecule has 0 bridgehead atoms. The Labute approximate surface area is 141 Å². The molecule has 2 saturated carbocycles. The largest absolute Gasteiger partial charge is 0.390 e. The molecule has 2 aliphatic carbocycles. The van der Waals surface area contributed by atoms with Crippen LogP contribution in [-0.4, -0.2) is 33.6 Å². The molecule has 1 saturated heterocycles. The molecule has 1 heterocycles. The fourth-order valence-corrected chi connectivity index (χ4v) is 4.88. The zero-order valence-electron chi connectivity index (χ0n) is 15.3. The predicted octanol–water partition coefficient (Wildman–Crippen LogP) is 3.83. The summed E-state index contributed by atoms with van der Waals surface area (Å²) in [7, 11) is 0. The van der Waals surface area contributed by atoms with Crippen molar-refractivity contribution in [2.45, 2.75) is 96.1 Å². The lowest BCUT2D eigenvalue weighted by molar-refractivity contribution is 0.00625. The lowest BCUT2D eigenvalue weighted by Gasteiger charge is -2.35. The zero-order chi connectivity index (χ0) is 17.0. The zero-order valence-corrected chi connectivity index (χ0v) is 15.3. The van der Waals surface area contributed by atoms with E-state index < -0.39 is 11.7 Å². The fraction of sp³-hybridized carbons (Fsp3) is 0.900. The van der Waals surface area contributed by atoms with Gasteiger partial charge in [0.15, 0.2) is 0 Å². The number of ether oxygens (including phenoxy) is 1. The Kier molecular flexibility index (Phi) is 4.23. The van der Waals surface area contributed by atoms with Gasteiger partial charge in [-0.05, 0) is 83.0 Å². The van der Waals surface area contributed by atoms with Crippen molar-refractivity contribution < 1.29 is 14.9 Å². The topological polar surface area (TPSA) is 53.0 Å². The summed E-state index contributed by atoms with van der Waals surface area (Å²) in [5.41, 5.74) is 0.488. The highest BCUT2D eigenvalue weighted by Crippen LogP contribution is 2.62. The molecule has 3 nitrogen and oxygen atoms in total. The molecule has 2 N–H and O–H groups in total. The lowest BCUT2D eigenvalue weighted by Crippen LogP contribution is -2.34. The SMILES string of the molecule is C=C(C)[C@H](O)CC[C@@]1(C)CC[C@]2(C)O[C@H]2CC[C@](C)(O)[C@H]2C[C@@H]21. The average molecular weight is 322 g/mol. The number of aliphatic hydroxyl groups excluding tert-OH is 1. The van der Waals surface area contributed by atoms with Crippen molar-refractivity contribution in [2.75, 3.05) is 0 Å². The summed E-state index contributed by atoms with van der Waals surface area (Å²) >= 11 is 0. The second-order valence-corrected chi connectivity index (χ2v) is 9.32. The van der Waals surface area contributed by atoms with Crippen molar-refractivity contribution in [1.29, 1.82) is 0 Å². The van der Waals surface area contributed by atoms with Gasteiger partial charge in [-0.3, -0.25) is 0 Å². The Morgan fingerprint density at radius 1 is 1.22 bits per heavy atom. The van der Waals surface area contributed by atoms with Crippen molar-refractivity contribution in [3.63, 3.8) is 0 Å². The molecule has 0 spiro atoms. The van der Waals surface area contributed by atoms with Crippen LogP contribution in [0.25, 0.3) is 0 Å². The number of rotatable bonds is 4. The van der Waals surface area contributed by atoms with Gasteiger partial charge in [-0.25, -0.2) is 0 Å². The van der Waals surface area contributed by atoms with E-state index in [9.17, 15) is 10.2 Å². The minimum atomic E-state index is -0.566. The van der Waals surface area contributed by atoms with Gasteiger partial charge in [0.25, 0.3) is 0 Å². The molecule has 23 heavy (non-hydrogen) atoms. The molecule has 3 heteroatoms. The molecule has 3 fully saturated rings. The first-order valence-corrected chi connectivity index (χ1v) is 9.31. The van der Waals surface area contributed by atoms with E-state index in [1.807, 2.05) is 13.8 Å². The number of fused-ring (bicyclic) bond motifs is 2. The quantitative estimate of drug-likeness (QED) is 0.611. The van der Waals surface area contributed by atoms with Gasteiger partial charge in [0, 0.05) is 0 Å². The van der Waals surface area contributed by atoms with Crippen LogP contribution in [0.5, 0.6) is 0 Å². The standard InChI is InChI=1S/C20H34O3/c1-13(2)16(21)6-8-18(3)10-11-20(5)17(23-20)7-9-19(4,22)15-12-14(15)18/h14-17,21-22H,1,6-12H2,2-5H3/t14-,15-,16+,17-,18-,19-,20-/m0/s1. The fourth-order valence-electron chi connectivity index (χ4n) is 4.88. The first kappa shape index (κ1) is 17.4. The molecule has 0 aromatic heterocycles. The molecule has 132 valence electrons. The first-order chi connectivity index (χ1) is 10.6. The highest BCUT2D eigenvalue weighted by molar-refractivity contribution is 5.10. The molecule has 0 amide bonds.